The Morgan fingerprint density at radius 1 is 0.905 bits per heavy atom. The van der Waals surface area contributed by atoms with Crippen LogP contribution in [0.25, 0.3) is 0 Å². The number of hydrogen-bond acceptors (Lipinski definition) is 2. The quantitative estimate of drug-likeness (QED) is 0.750. The van der Waals surface area contributed by atoms with E-state index in [2.05, 4.69) is 37.3 Å². The molecule has 1 aromatic rings. The van der Waals surface area contributed by atoms with Gasteiger partial charge in [0.2, 0.25) is 0 Å². The van der Waals surface area contributed by atoms with Gasteiger partial charge in [-0.3, -0.25) is 0 Å². The van der Waals surface area contributed by atoms with Crippen LogP contribution in [-0.2, 0) is 9.47 Å². The largest absolute Gasteiger partial charge is 0.372 e. The Morgan fingerprint density at radius 2 is 1.52 bits per heavy atom. The zero-order chi connectivity index (χ0) is 14.6. The molecule has 21 heavy (non-hydrogen) atoms. The minimum absolute atomic E-state index is 0.0963. The zero-order valence-electron chi connectivity index (χ0n) is 12.9. The van der Waals surface area contributed by atoms with Crippen molar-refractivity contribution in [3.63, 3.8) is 0 Å². The molecule has 4 aliphatic rings. The fraction of sp³-hybridized carbons (Fsp3) is 0.474. The van der Waals surface area contributed by atoms with Gasteiger partial charge in [-0.05, 0) is 42.0 Å². The Hall–Kier alpha value is -1.38. The van der Waals surface area contributed by atoms with E-state index in [1.54, 1.807) is 0 Å². The summed E-state index contributed by atoms with van der Waals surface area (Å²) in [6, 6.07) is 8.59. The second kappa shape index (κ2) is 4.82. The Kier molecular flexibility index (Phi) is 3.05. The number of rotatable bonds is 2. The average molecular weight is 282 g/mol. The van der Waals surface area contributed by atoms with E-state index in [9.17, 15) is 0 Å². The van der Waals surface area contributed by atoms with Crippen molar-refractivity contribution < 1.29 is 9.47 Å². The van der Waals surface area contributed by atoms with Crippen LogP contribution >= 0.6 is 0 Å². The Bertz CT molecular complexity index is 641. The summed E-state index contributed by atoms with van der Waals surface area (Å²) < 4.78 is 11.9. The lowest BCUT2D eigenvalue weighted by molar-refractivity contribution is 0.0764. The molecule has 0 aromatic heterocycles. The number of fused-ring (bicyclic) bond motifs is 2. The topological polar surface area (TPSA) is 18.5 Å². The summed E-state index contributed by atoms with van der Waals surface area (Å²) in [6.45, 7) is 2.27. The molecule has 0 unspecified atom stereocenters. The van der Waals surface area contributed by atoms with Gasteiger partial charge in [0.1, 0.15) is 12.2 Å². The number of ether oxygens (including phenoxy) is 2. The van der Waals surface area contributed by atoms with E-state index in [1.807, 2.05) is 14.2 Å². The van der Waals surface area contributed by atoms with Crippen LogP contribution in [0.15, 0.2) is 47.1 Å². The SMILES string of the molecule is CO[C@@H]1C2=C([C@H]3C=C(C)[C@H]2CC3)[C@H](OC)c2ccccc21. The van der Waals surface area contributed by atoms with E-state index < -0.39 is 0 Å². The van der Waals surface area contributed by atoms with Gasteiger partial charge in [-0.2, -0.15) is 0 Å². The van der Waals surface area contributed by atoms with Crippen LogP contribution in [-0.4, -0.2) is 14.2 Å². The zero-order valence-corrected chi connectivity index (χ0v) is 12.9. The molecule has 0 heterocycles. The van der Waals surface area contributed by atoms with Gasteiger partial charge in [0.05, 0.1) is 0 Å². The third kappa shape index (κ3) is 1.72. The third-order valence-electron chi connectivity index (χ3n) is 5.49. The highest BCUT2D eigenvalue weighted by Gasteiger charge is 2.45. The van der Waals surface area contributed by atoms with E-state index in [4.69, 9.17) is 9.47 Å². The summed E-state index contributed by atoms with van der Waals surface area (Å²) in [5, 5.41) is 0. The molecule has 2 bridgehead atoms. The highest BCUT2D eigenvalue weighted by atomic mass is 16.5. The van der Waals surface area contributed by atoms with Crippen molar-refractivity contribution in [1.82, 2.24) is 0 Å². The molecule has 4 atom stereocenters. The molecule has 110 valence electrons. The monoisotopic (exact) mass is 282 g/mol. The second-order valence-electron chi connectivity index (χ2n) is 6.42. The molecule has 2 heteroatoms. The van der Waals surface area contributed by atoms with Crippen LogP contribution < -0.4 is 0 Å². The number of benzene rings is 1. The van der Waals surface area contributed by atoms with Crippen LogP contribution in [0.1, 0.15) is 43.1 Å². The molecule has 1 aromatic carbocycles. The minimum Gasteiger partial charge on any atom is -0.372 e. The van der Waals surface area contributed by atoms with Crippen molar-refractivity contribution in [1.29, 1.82) is 0 Å². The van der Waals surface area contributed by atoms with Gasteiger partial charge in [0.25, 0.3) is 0 Å². The molecule has 0 radical (unpaired) electrons. The summed E-state index contributed by atoms with van der Waals surface area (Å²) >= 11 is 0. The van der Waals surface area contributed by atoms with E-state index in [-0.39, 0.29) is 12.2 Å². The second-order valence-corrected chi connectivity index (χ2v) is 6.42. The van der Waals surface area contributed by atoms with Crippen LogP contribution in [0.5, 0.6) is 0 Å². The Balaban J connectivity index is 1.94. The molecule has 0 saturated carbocycles. The lowest BCUT2D eigenvalue weighted by Crippen LogP contribution is -2.35. The summed E-state index contributed by atoms with van der Waals surface area (Å²) in [5.41, 5.74) is 7.04. The van der Waals surface area contributed by atoms with E-state index in [0.717, 1.165) is 0 Å². The van der Waals surface area contributed by atoms with Crippen LogP contribution in [0.3, 0.4) is 0 Å². The highest BCUT2D eigenvalue weighted by molar-refractivity contribution is 5.53. The molecule has 0 spiro atoms. The minimum atomic E-state index is 0.0963. The maximum Gasteiger partial charge on any atom is 0.105 e. The molecule has 0 fully saturated rings. The smallest absolute Gasteiger partial charge is 0.105 e. The van der Waals surface area contributed by atoms with Crippen molar-refractivity contribution in [2.75, 3.05) is 14.2 Å². The number of allylic oxidation sites excluding steroid dienone is 2. The lowest BCUT2D eigenvalue weighted by Gasteiger charge is -2.47. The Labute approximate surface area is 126 Å². The van der Waals surface area contributed by atoms with Gasteiger partial charge in [-0.25, -0.2) is 0 Å². The summed E-state index contributed by atoms with van der Waals surface area (Å²) in [7, 11) is 3.67. The van der Waals surface area contributed by atoms with Crippen molar-refractivity contribution >= 4 is 0 Å². The van der Waals surface area contributed by atoms with Gasteiger partial charge < -0.3 is 9.47 Å². The summed E-state index contributed by atoms with van der Waals surface area (Å²) in [4.78, 5) is 0. The highest BCUT2D eigenvalue weighted by Crippen LogP contribution is 2.57. The van der Waals surface area contributed by atoms with Crippen LogP contribution in [0.2, 0.25) is 0 Å². The van der Waals surface area contributed by atoms with Crippen molar-refractivity contribution in [3.05, 3.63) is 58.2 Å². The average Bonchev–Trinajstić information content (AvgIpc) is 2.52. The lowest BCUT2D eigenvalue weighted by atomic mass is 9.61. The van der Waals surface area contributed by atoms with Crippen molar-refractivity contribution in [2.45, 2.75) is 32.0 Å². The molecule has 0 aliphatic heterocycles. The van der Waals surface area contributed by atoms with E-state index >= 15 is 0 Å². The predicted octanol–water partition coefficient (Wildman–Crippen LogP) is 4.36. The molecule has 0 N–H and O–H groups in total. The van der Waals surface area contributed by atoms with Crippen molar-refractivity contribution in [3.8, 4) is 0 Å². The molecular formula is C19H22O2. The first kappa shape index (κ1) is 13.3. The standard InChI is InChI=1S/C19H22O2/c1-11-10-12-8-9-13(11)17-16(12)18(20-2)14-6-4-5-7-15(14)19(17)21-3/h4-7,10,12-13,18-19H,8-9H2,1-3H3/t12-,13-,18-,19+/m1/s1. The molecule has 0 amide bonds. The molecule has 2 nitrogen and oxygen atoms in total. The van der Waals surface area contributed by atoms with Crippen LogP contribution in [0.4, 0.5) is 0 Å². The first-order chi connectivity index (χ1) is 10.3. The van der Waals surface area contributed by atoms with E-state index in [1.165, 1.54) is 40.7 Å². The molecule has 5 rings (SSSR count). The fourth-order valence-electron chi connectivity index (χ4n) is 4.66. The Morgan fingerprint density at radius 3 is 2.10 bits per heavy atom. The molecule has 4 aliphatic carbocycles. The summed E-state index contributed by atoms with van der Waals surface area (Å²) in [6.07, 6.45) is 5.15. The first-order valence-electron chi connectivity index (χ1n) is 7.82. The van der Waals surface area contributed by atoms with Gasteiger partial charge in [0.15, 0.2) is 0 Å². The summed E-state index contributed by atoms with van der Waals surface area (Å²) in [5.74, 6) is 1.07. The van der Waals surface area contributed by atoms with Gasteiger partial charge in [-0.1, -0.05) is 35.9 Å². The predicted molar refractivity (Wildman–Crippen MR) is 82.9 cm³/mol. The van der Waals surface area contributed by atoms with Gasteiger partial charge in [-0.15, -0.1) is 0 Å². The maximum absolute atomic E-state index is 5.94. The fourth-order valence-corrected chi connectivity index (χ4v) is 4.66. The maximum atomic E-state index is 5.94. The van der Waals surface area contributed by atoms with Crippen molar-refractivity contribution in [2.24, 2.45) is 11.8 Å². The first-order valence-corrected chi connectivity index (χ1v) is 7.82. The normalized spacial score (nSPS) is 33.6. The molecule has 0 saturated heterocycles. The number of hydrogen-bond donors (Lipinski definition) is 0. The molecular weight excluding hydrogens is 260 g/mol. The third-order valence-corrected chi connectivity index (χ3v) is 5.49. The van der Waals surface area contributed by atoms with E-state index in [0.29, 0.717) is 11.8 Å². The van der Waals surface area contributed by atoms with Gasteiger partial charge >= 0.3 is 0 Å². The van der Waals surface area contributed by atoms with Crippen LogP contribution in [0, 0.1) is 11.8 Å². The van der Waals surface area contributed by atoms with Gasteiger partial charge in [0, 0.05) is 26.1 Å². The number of methoxy groups -OCH3 is 2.